The number of hydrogen-bond acceptors (Lipinski definition) is 5. The topological polar surface area (TPSA) is 53.1 Å². The number of aromatic nitrogens is 2. The number of benzene rings is 1. The zero-order valence-corrected chi connectivity index (χ0v) is 16.6. The highest BCUT2D eigenvalue weighted by Gasteiger charge is 2.26. The molecule has 2 N–H and O–H groups in total. The van der Waals surface area contributed by atoms with E-state index < -0.39 is 0 Å². The summed E-state index contributed by atoms with van der Waals surface area (Å²) in [6.07, 6.45) is 2.46. The first-order valence-corrected chi connectivity index (χ1v) is 9.57. The maximum absolute atomic E-state index is 4.71. The molecule has 0 spiro atoms. The van der Waals surface area contributed by atoms with Crippen molar-refractivity contribution in [1.82, 2.24) is 14.9 Å². The Morgan fingerprint density at radius 3 is 2.54 bits per heavy atom. The maximum atomic E-state index is 4.71. The number of likely N-dealkylation sites (N-methyl/N-ethyl adjacent to an activating group) is 1. The van der Waals surface area contributed by atoms with Crippen molar-refractivity contribution in [3.8, 4) is 0 Å². The third-order valence-corrected chi connectivity index (χ3v) is 4.75. The van der Waals surface area contributed by atoms with Crippen LogP contribution in [0.5, 0.6) is 0 Å². The van der Waals surface area contributed by atoms with Gasteiger partial charge >= 0.3 is 0 Å². The molecule has 1 aliphatic rings. The van der Waals surface area contributed by atoms with Gasteiger partial charge in [-0.2, -0.15) is 4.98 Å². The molecule has 1 aromatic heterocycles. The summed E-state index contributed by atoms with van der Waals surface area (Å²) in [6, 6.07) is 8.65. The summed E-state index contributed by atoms with van der Waals surface area (Å²) in [5.41, 5.74) is 4.92. The van der Waals surface area contributed by atoms with Crippen LogP contribution in [0.3, 0.4) is 0 Å². The van der Waals surface area contributed by atoms with Gasteiger partial charge in [0.05, 0.1) is 5.69 Å². The SMILES string of the molecule is Cc1cc(Nc2cc(C3CC3)nc(NCCN(C)C)n2)ccc1C(C)C. The van der Waals surface area contributed by atoms with Gasteiger partial charge < -0.3 is 15.5 Å². The van der Waals surface area contributed by atoms with Gasteiger partial charge in [-0.1, -0.05) is 19.9 Å². The molecule has 0 aliphatic heterocycles. The van der Waals surface area contributed by atoms with E-state index in [1.807, 2.05) is 0 Å². The first-order chi connectivity index (χ1) is 12.4. The second-order valence-electron chi connectivity index (χ2n) is 7.86. The standard InChI is InChI=1S/C21H31N5/c1-14(2)18-9-8-17(12-15(18)3)23-20-13-19(16-6-7-16)24-21(25-20)22-10-11-26(4)5/h8-9,12-14,16H,6-7,10-11H2,1-5H3,(H2,22,23,24,25). The van der Waals surface area contributed by atoms with Crippen molar-refractivity contribution in [3.63, 3.8) is 0 Å². The molecule has 140 valence electrons. The summed E-state index contributed by atoms with van der Waals surface area (Å²) in [6.45, 7) is 8.42. The molecular weight excluding hydrogens is 322 g/mol. The number of nitrogens with one attached hydrogen (secondary N) is 2. The van der Waals surface area contributed by atoms with E-state index in [4.69, 9.17) is 4.98 Å². The van der Waals surface area contributed by atoms with Crippen molar-refractivity contribution in [2.24, 2.45) is 0 Å². The first kappa shape index (κ1) is 18.6. The highest BCUT2D eigenvalue weighted by Crippen LogP contribution is 2.40. The number of rotatable bonds is 8. The minimum Gasteiger partial charge on any atom is -0.353 e. The summed E-state index contributed by atoms with van der Waals surface area (Å²) in [7, 11) is 4.14. The highest BCUT2D eigenvalue weighted by atomic mass is 15.2. The number of anilines is 3. The summed E-state index contributed by atoms with van der Waals surface area (Å²) in [5.74, 6) is 2.72. The van der Waals surface area contributed by atoms with E-state index in [0.29, 0.717) is 17.8 Å². The third-order valence-electron chi connectivity index (χ3n) is 4.75. The fourth-order valence-corrected chi connectivity index (χ4v) is 3.14. The van der Waals surface area contributed by atoms with Crippen molar-refractivity contribution < 1.29 is 0 Å². The van der Waals surface area contributed by atoms with Gasteiger partial charge in [0, 0.05) is 30.8 Å². The predicted molar refractivity (Wildman–Crippen MR) is 110 cm³/mol. The van der Waals surface area contributed by atoms with E-state index in [1.54, 1.807) is 0 Å². The van der Waals surface area contributed by atoms with Crippen molar-refractivity contribution in [1.29, 1.82) is 0 Å². The van der Waals surface area contributed by atoms with Crippen molar-refractivity contribution in [2.45, 2.75) is 45.4 Å². The zero-order valence-electron chi connectivity index (χ0n) is 16.6. The van der Waals surface area contributed by atoms with Gasteiger partial charge in [-0.25, -0.2) is 4.98 Å². The van der Waals surface area contributed by atoms with Crippen molar-refractivity contribution in [2.75, 3.05) is 37.8 Å². The summed E-state index contributed by atoms with van der Waals surface area (Å²) in [4.78, 5) is 11.5. The lowest BCUT2D eigenvalue weighted by atomic mass is 9.98. The van der Waals surface area contributed by atoms with Gasteiger partial charge in [-0.3, -0.25) is 0 Å². The number of hydrogen-bond donors (Lipinski definition) is 2. The molecule has 0 amide bonds. The highest BCUT2D eigenvalue weighted by molar-refractivity contribution is 5.60. The van der Waals surface area contributed by atoms with E-state index in [2.05, 4.69) is 79.6 Å². The van der Waals surface area contributed by atoms with E-state index in [1.165, 1.54) is 24.0 Å². The third kappa shape index (κ3) is 4.94. The largest absolute Gasteiger partial charge is 0.353 e. The number of nitrogens with zero attached hydrogens (tertiary/aromatic N) is 3. The van der Waals surface area contributed by atoms with Crippen LogP contribution in [0.25, 0.3) is 0 Å². The Bertz CT molecular complexity index is 750. The second-order valence-corrected chi connectivity index (χ2v) is 7.86. The molecule has 5 nitrogen and oxygen atoms in total. The van der Waals surface area contributed by atoms with Crippen LogP contribution < -0.4 is 10.6 Å². The van der Waals surface area contributed by atoms with Gasteiger partial charge in [-0.15, -0.1) is 0 Å². The Balaban J connectivity index is 1.77. The minimum absolute atomic E-state index is 0.539. The molecule has 3 rings (SSSR count). The van der Waals surface area contributed by atoms with Crippen LogP contribution in [0.15, 0.2) is 24.3 Å². The normalized spacial score (nSPS) is 14.1. The molecule has 1 heterocycles. The van der Waals surface area contributed by atoms with Crippen LogP contribution in [0.2, 0.25) is 0 Å². The van der Waals surface area contributed by atoms with Crippen LogP contribution in [0.1, 0.15) is 55.3 Å². The van der Waals surface area contributed by atoms with Crippen LogP contribution in [-0.4, -0.2) is 42.1 Å². The molecule has 0 atom stereocenters. The monoisotopic (exact) mass is 353 g/mol. The smallest absolute Gasteiger partial charge is 0.224 e. The Morgan fingerprint density at radius 1 is 1.15 bits per heavy atom. The molecule has 26 heavy (non-hydrogen) atoms. The maximum Gasteiger partial charge on any atom is 0.224 e. The Morgan fingerprint density at radius 2 is 1.92 bits per heavy atom. The van der Waals surface area contributed by atoms with Gasteiger partial charge in [0.2, 0.25) is 5.95 Å². The molecule has 0 saturated heterocycles. The van der Waals surface area contributed by atoms with Gasteiger partial charge in [0.25, 0.3) is 0 Å². The van der Waals surface area contributed by atoms with Crippen LogP contribution in [-0.2, 0) is 0 Å². The molecule has 5 heteroatoms. The van der Waals surface area contributed by atoms with Crippen molar-refractivity contribution >= 4 is 17.5 Å². The van der Waals surface area contributed by atoms with E-state index in [0.717, 1.165) is 30.3 Å². The lowest BCUT2D eigenvalue weighted by molar-refractivity contribution is 0.425. The molecule has 0 radical (unpaired) electrons. The molecule has 1 saturated carbocycles. The summed E-state index contributed by atoms with van der Waals surface area (Å²) < 4.78 is 0. The quantitative estimate of drug-likeness (QED) is 0.732. The van der Waals surface area contributed by atoms with Gasteiger partial charge in [0.1, 0.15) is 5.82 Å². The Hall–Kier alpha value is -2.14. The summed E-state index contributed by atoms with van der Waals surface area (Å²) in [5, 5.41) is 6.83. The second kappa shape index (κ2) is 8.04. The first-order valence-electron chi connectivity index (χ1n) is 9.57. The van der Waals surface area contributed by atoms with Gasteiger partial charge in [0.15, 0.2) is 0 Å². The van der Waals surface area contributed by atoms with E-state index >= 15 is 0 Å². The molecule has 0 bridgehead atoms. The Labute approximate surface area is 157 Å². The number of aryl methyl sites for hydroxylation is 1. The fourth-order valence-electron chi connectivity index (χ4n) is 3.14. The fraction of sp³-hybridized carbons (Fsp3) is 0.524. The van der Waals surface area contributed by atoms with Gasteiger partial charge in [-0.05, 0) is 63.0 Å². The van der Waals surface area contributed by atoms with Crippen LogP contribution in [0, 0.1) is 6.92 Å². The lowest BCUT2D eigenvalue weighted by Gasteiger charge is -2.15. The molecule has 1 aromatic carbocycles. The lowest BCUT2D eigenvalue weighted by Crippen LogP contribution is -2.21. The average molecular weight is 354 g/mol. The minimum atomic E-state index is 0.539. The average Bonchev–Trinajstić information content (AvgIpc) is 3.39. The zero-order chi connectivity index (χ0) is 18.7. The van der Waals surface area contributed by atoms with Crippen LogP contribution in [0.4, 0.5) is 17.5 Å². The van der Waals surface area contributed by atoms with Crippen LogP contribution >= 0.6 is 0 Å². The molecule has 0 unspecified atom stereocenters. The Kier molecular flexibility index (Phi) is 5.77. The van der Waals surface area contributed by atoms with Crippen molar-refractivity contribution in [3.05, 3.63) is 41.1 Å². The molecule has 1 aliphatic carbocycles. The van der Waals surface area contributed by atoms with E-state index in [-0.39, 0.29) is 0 Å². The molecule has 1 fully saturated rings. The summed E-state index contributed by atoms with van der Waals surface area (Å²) >= 11 is 0. The van der Waals surface area contributed by atoms with E-state index in [9.17, 15) is 0 Å². The predicted octanol–water partition coefficient (Wildman–Crippen LogP) is 4.50. The molecular formula is C21H31N5. The molecule has 2 aromatic rings.